The van der Waals surface area contributed by atoms with Gasteiger partial charge in [-0.1, -0.05) is 20.8 Å². The summed E-state index contributed by atoms with van der Waals surface area (Å²) in [6, 6.07) is 0. The molecule has 2 aliphatic heterocycles. The van der Waals surface area contributed by atoms with E-state index in [-0.39, 0.29) is 29.7 Å². The summed E-state index contributed by atoms with van der Waals surface area (Å²) < 4.78 is 0. The van der Waals surface area contributed by atoms with Crippen LogP contribution in [-0.4, -0.2) is 48.8 Å². The molecule has 2 fully saturated rings. The minimum atomic E-state index is -0.484. The molecule has 2 N–H and O–H groups in total. The van der Waals surface area contributed by atoms with Crippen LogP contribution in [0.2, 0.25) is 0 Å². The molecule has 0 unspecified atom stereocenters. The lowest BCUT2D eigenvalue weighted by molar-refractivity contribution is -0.136. The first kappa shape index (κ1) is 15.8. The first-order valence-electron chi connectivity index (χ1n) is 7.55. The van der Waals surface area contributed by atoms with E-state index in [4.69, 9.17) is 0 Å². The van der Waals surface area contributed by atoms with Gasteiger partial charge in [0.05, 0.1) is 6.54 Å². The summed E-state index contributed by atoms with van der Waals surface area (Å²) in [6.45, 7) is 7.58. The van der Waals surface area contributed by atoms with Crippen molar-refractivity contribution in [2.24, 2.45) is 10.8 Å². The minimum Gasteiger partial charge on any atom is -0.356 e. The SMILES string of the molecule is CC(C)(C)C(=O)NCC(=O)N1CCC2(CC1)CNC(=O)C2. The molecule has 118 valence electrons. The maximum Gasteiger partial charge on any atom is 0.241 e. The largest absolute Gasteiger partial charge is 0.356 e. The lowest BCUT2D eigenvalue weighted by Crippen LogP contribution is -2.48. The van der Waals surface area contributed by atoms with Gasteiger partial charge in [-0.25, -0.2) is 0 Å². The average molecular weight is 295 g/mol. The van der Waals surface area contributed by atoms with Crippen molar-refractivity contribution in [2.45, 2.75) is 40.0 Å². The Labute approximate surface area is 125 Å². The van der Waals surface area contributed by atoms with Crippen LogP contribution in [0.1, 0.15) is 40.0 Å². The molecule has 0 aromatic carbocycles. The van der Waals surface area contributed by atoms with Gasteiger partial charge in [0.15, 0.2) is 0 Å². The molecule has 2 aliphatic rings. The maximum absolute atomic E-state index is 12.1. The number of hydrogen-bond donors (Lipinski definition) is 2. The zero-order chi connectivity index (χ0) is 15.7. The Morgan fingerprint density at radius 2 is 1.90 bits per heavy atom. The zero-order valence-electron chi connectivity index (χ0n) is 13.1. The molecule has 2 heterocycles. The fourth-order valence-corrected chi connectivity index (χ4v) is 2.87. The van der Waals surface area contributed by atoms with E-state index in [1.54, 1.807) is 4.90 Å². The van der Waals surface area contributed by atoms with Crippen molar-refractivity contribution < 1.29 is 14.4 Å². The molecule has 2 rings (SSSR count). The number of carbonyl (C=O) groups is 3. The molecular formula is C15H25N3O3. The molecule has 0 aromatic heterocycles. The highest BCUT2D eigenvalue weighted by atomic mass is 16.2. The Balaban J connectivity index is 1.78. The number of carbonyl (C=O) groups excluding carboxylic acids is 3. The molecule has 6 nitrogen and oxygen atoms in total. The third kappa shape index (κ3) is 3.74. The van der Waals surface area contributed by atoms with Crippen LogP contribution < -0.4 is 10.6 Å². The highest BCUT2D eigenvalue weighted by Crippen LogP contribution is 2.37. The fourth-order valence-electron chi connectivity index (χ4n) is 2.87. The molecule has 0 bridgehead atoms. The first-order chi connectivity index (χ1) is 9.72. The number of amides is 3. The van der Waals surface area contributed by atoms with E-state index < -0.39 is 5.41 Å². The second-order valence-electron chi connectivity index (χ2n) is 7.27. The van der Waals surface area contributed by atoms with E-state index in [0.29, 0.717) is 19.5 Å². The lowest BCUT2D eigenvalue weighted by atomic mass is 9.77. The molecule has 6 heteroatoms. The fraction of sp³-hybridized carbons (Fsp3) is 0.800. The zero-order valence-corrected chi connectivity index (χ0v) is 13.1. The predicted molar refractivity (Wildman–Crippen MR) is 78.3 cm³/mol. The quantitative estimate of drug-likeness (QED) is 0.768. The predicted octanol–water partition coefficient (Wildman–Crippen LogP) is 0.277. The van der Waals surface area contributed by atoms with Gasteiger partial charge in [0, 0.05) is 31.5 Å². The molecule has 3 amide bonds. The van der Waals surface area contributed by atoms with Crippen molar-refractivity contribution in [1.29, 1.82) is 0 Å². The van der Waals surface area contributed by atoms with Gasteiger partial charge in [-0.3, -0.25) is 14.4 Å². The van der Waals surface area contributed by atoms with Crippen LogP contribution in [-0.2, 0) is 14.4 Å². The van der Waals surface area contributed by atoms with E-state index in [2.05, 4.69) is 10.6 Å². The second kappa shape index (κ2) is 5.66. The highest BCUT2D eigenvalue weighted by Gasteiger charge is 2.41. The molecule has 0 aliphatic carbocycles. The van der Waals surface area contributed by atoms with E-state index in [1.807, 2.05) is 20.8 Å². The monoisotopic (exact) mass is 295 g/mol. The summed E-state index contributed by atoms with van der Waals surface area (Å²) in [6.07, 6.45) is 2.28. The lowest BCUT2D eigenvalue weighted by Gasteiger charge is -2.38. The van der Waals surface area contributed by atoms with Gasteiger partial charge >= 0.3 is 0 Å². The smallest absolute Gasteiger partial charge is 0.241 e. The van der Waals surface area contributed by atoms with Gasteiger partial charge in [0.2, 0.25) is 17.7 Å². The Hall–Kier alpha value is -1.59. The molecule has 21 heavy (non-hydrogen) atoms. The van der Waals surface area contributed by atoms with Crippen molar-refractivity contribution in [1.82, 2.24) is 15.5 Å². The van der Waals surface area contributed by atoms with E-state index in [0.717, 1.165) is 19.4 Å². The molecule has 0 radical (unpaired) electrons. The Kier molecular flexibility index (Phi) is 4.25. The van der Waals surface area contributed by atoms with Crippen molar-refractivity contribution in [3.05, 3.63) is 0 Å². The number of hydrogen-bond acceptors (Lipinski definition) is 3. The summed E-state index contributed by atoms with van der Waals surface area (Å²) in [5.74, 6) is -0.0399. The number of likely N-dealkylation sites (tertiary alicyclic amines) is 1. The molecule has 2 saturated heterocycles. The van der Waals surface area contributed by atoms with Crippen molar-refractivity contribution in [3.63, 3.8) is 0 Å². The van der Waals surface area contributed by atoms with Crippen molar-refractivity contribution in [3.8, 4) is 0 Å². The Morgan fingerprint density at radius 3 is 2.38 bits per heavy atom. The van der Waals surface area contributed by atoms with Gasteiger partial charge in [-0.2, -0.15) is 0 Å². The topological polar surface area (TPSA) is 78.5 Å². The van der Waals surface area contributed by atoms with Crippen LogP contribution in [0.3, 0.4) is 0 Å². The second-order valence-corrected chi connectivity index (χ2v) is 7.27. The van der Waals surface area contributed by atoms with E-state index >= 15 is 0 Å². The number of nitrogens with one attached hydrogen (secondary N) is 2. The summed E-state index contributed by atoms with van der Waals surface area (Å²) in [4.78, 5) is 37.0. The Bertz CT molecular complexity index is 446. The molecule has 0 atom stereocenters. The van der Waals surface area contributed by atoms with Gasteiger partial charge < -0.3 is 15.5 Å². The maximum atomic E-state index is 12.1. The number of piperidine rings is 1. The number of rotatable bonds is 2. The molecule has 0 saturated carbocycles. The van der Waals surface area contributed by atoms with E-state index in [1.165, 1.54) is 0 Å². The third-order valence-electron chi connectivity index (χ3n) is 4.45. The summed E-state index contributed by atoms with van der Waals surface area (Å²) in [7, 11) is 0. The van der Waals surface area contributed by atoms with Crippen molar-refractivity contribution in [2.75, 3.05) is 26.2 Å². The molecular weight excluding hydrogens is 270 g/mol. The van der Waals surface area contributed by atoms with Gasteiger partial charge in [-0.05, 0) is 18.3 Å². The van der Waals surface area contributed by atoms with Gasteiger partial charge in [-0.15, -0.1) is 0 Å². The van der Waals surface area contributed by atoms with Crippen LogP contribution in [0.25, 0.3) is 0 Å². The summed E-state index contributed by atoms with van der Waals surface area (Å²) in [5, 5.41) is 5.57. The first-order valence-corrected chi connectivity index (χ1v) is 7.55. The Morgan fingerprint density at radius 1 is 1.29 bits per heavy atom. The summed E-state index contributed by atoms with van der Waals surface area (Å²) in [5.41, 5.74) is -0.440. The van der Waals surface area contributed by atoms with Gasteiger partial charge in [0.25, 0.3) is 0 Å². The normalized spacial score (nSPS) is 21.3. The average Bonchev–Trinajstić information content (AvgIpc) is 2.76. The minimum absolute atomic E-state index is 0.0419. The summed E-state index contributed by atoms with van der Waals surface area (Å²) >= 11 is 0. The standard InChI is InChI=1S/C15H25N3O3/c1-14(2,3)13(21)16-9-12(20)18-6-4-15(5-7-18)8-11(19)17-10-15/h4-10H2,1-3H3,(H,16,21)(H,17,19). The van der Waals surface area contributed by atoms with Crippen LogP contribution in [0, 0.1) is 10.8 Å². The van der Waals surface area contributed by atoms with Crippen LogP contribution in [0.5, 0.6) is 0 Å². The van der Waals surface area contributed by atoms with Crippen molar-refractivity contribution >= 4 is 17.7 Å². The van der Waals surface area contributed by atoms with E-state index in [9.17, 15) is 14.4 Å². The highest BCUT2D eigenvalue weighted by molar-refractivity contribution is 5.87. The van der Waals surface area contributed by atoms with Crippen LogP contribution in [0.4, 0.5) is 0 Å². The van der Waals surface area contributed by atoms with Crippen LogP contribution in [0.15, 0.2) is 0 Å². The molecule has 1 spiro atoms. The van der Waals surface area contributed by atoms with Crippen LogP contribution >= 0.6 is 0 Å². The number of nitrogens with zero attached hydrogens (tertiary/aromatic N) is 1. The molecule has 0 aromatic rings. The van der Waals surface area contributed by atoms with Gasteiger partial charge in [0.1, 0.15) is 0 Å². The third-order valence-corrected chi connectivity index (χ3v) is 4.45.